The highest BCUT2D eigenvalue weighted by molar-refractivity contribution is 5.83. The molecule has 2 fully saturated rings. The second kappa shape index (κ2) is 12.4. The van der Waals surface area contributed by atoms with Crippen LogP contribution in [0.4, 0.5) is 0 Å². The average molecular weight is 493 g/mol. The number of unbranched alkanes of at least 4 members (excludes halogenated alkanes) is 1. The van der Waals surface area contributed by atoms with Crippen molar-refractivity contribution in [3.63, 3.8) is 0 Å². The highest BCUT2D eigenvalue weighted by Gasteiger charge is 2.37. The minimum atomic E-state index is -0.126. The lowest BCUT2D eigenvalue weighted by atomic mass is 10.1. The van der Waals surface area contributed by atoms with Gasteiger partial charge < -0.3 is 14.2 Å². The van der Waals surface area contributed by atoms with E-state index in [1.165, 1.54) is 11.1 Å². The van der Waals surface area contributed by atoms with Crippen LogP contribution in [-0.2, 0) is 27.3 Å². The van der Waals surface area contributed by atoms with Crippen LogP contribution in [0, 0.1) is 11.3 Å². The third kappa shape index (κ3) is 5.92. The van der Waals surface area contributed by atoms with E-state index < -0.39 is 0 Å². The van der Waals surface area contributed by atoms with Crippen LogP contribution in [0.1, 0.15) is 76.5 Å². The van der Waals surface area contributed by atoms with Gasteiger partial charge in [-0.25, -0.2) is 0 Å². The lowest BCUT2D eigenvalue weighted by molar-refractivity contribution is -0.143. The number of ether oxygens (including phenoxy) is 1. The number of fused-ring (bicyclic) bond motifs is 1. The number of amides is 1. The number of nitrogens with zero attached hydrogens (tertiary/aromatic N) is 4. The summed E-state index contributed by atoms with van der Waals surface area (Å²) in [5.41, 5.74) is 3.10. The minimum Gasteiger partial charge on any atom is -0.466 e. The van der Waals surface area contributed by atoms with Crippen molar-refractivity contribution in [1.82, 2.24) is 14.4 Å². The molecule has 0 aliphatic carbocycles. The van der Waals surface area contributed by atoms with Gasteiger partial charge in [-0.15, -0.1) is 0 Å². The van der Waals surface area contributed by atoms with Crippen molar-refractivity contribution in [2.75, 3.05) is 26.2 Å². The topological polar surface area (TPSA) is 78.6 Å². The standard InChI is InChI=1S/C29H40N4O3/c1-3-32-25(20-23-13-12-22(21-30)19-27(23)32)15-14-24-9-7-18-33(24)29(35)26-10-8-17-31(26)16-6-5-11-28(34)36-4-2/h12-13,19-20,24,26H,3-11,14-18H2,1-2H3. The minimum absolute atomic E-state index is 0.0142. The maximum absolute atomic E-state index is 13.6. The molecule has 2 saturated heterocycles. The SMILES string of the molecule is CCOC(=O)CCCCN1CCCC1C(=O)N1CCCC1CCc1cc2ccc(C#N)cc2n1CC. The first-order valence-electron chi connectivity index (χ1n) is 13.8. The first kappa shape index (κ1) is 26.2. The number of benzene rings is 1. The van der Waals surface area contributed by atoms with Gasteiger partial charge in [0.25, 0.3) is 0 Å². The van der Waals surface area contributed by atoms with Crippen molar-refractivity contribution in [3.05, 3.63) is 35.5 Å². The van der Waals surface area contributed by atoms with Crippen LogP contribution >= 0.6 is 0 Å². The predicted octanol–water partition coefficient (Wildman–Crippen LogP) is 4.65. The fraction of sp³-hybridized carbons (Fsp3) is 0.621. The summed E-state index contributed by atoms with van der Waals surface area (Å²) in [6, 6.07) is 10.7. The van der Waals surface area contributed by atoms with E-state index in [2.05, 4.69) is 33.4 Å². The maximum atomic E-state index is 13.6. The van der Waals surface area contributed by atoms with Gasteiger partial charge >= 0.3 is 5.97 Å². The number of carbonyl (C=O) groups excluding carboxylic acids is 2. The number of rotatable bonds is 11. The van der Waals surface area contributed by atoms with E-state index in [1.807, 2.05) is 25.1 Å². The van der Waals surface area contributed by atoms with Crippen molar-refractivity contribution in [1.29, 1.82) is 5.26 Å². The Hall–Kier alpha value is -2.85. The van der Waals surface area contributed by atoms with Gasteiger partial charge in [0, 0.05) is 36.8 Å². The van der Waals surface area contributed by atoms with Gasteiger partial charge in [0.05, 0.1) is 24.3 Å². The average Bonchev–Trinajstić information content (AvgIpc) is 3.62. The molecule has 3 heterocycles. The third-order valence-corrected chi connectivity index (χ3v) is 7.86. The Kier molecular flexibility index (Phi) is 9.03. The molecule has 36 heavy (non-hydrogen) atoms. The summed E-state index contributed by atoms with van der Waals surface area (Å²) in [5.74, 6) is 0.175. The number of likely N-dealkylation sites (tertiary alicyclic amines) is 2. The first-order valence-corrected chi connectivity index (χ1v) is 13.8. The van der Waals surface area contributed by atoms with Crippen LogP contribution in [0.3, 0.4) is 0 Å². The summed E-state index contributed by atoms with van der Waals surface area (Å²) < 4.78 is 7.33. The van der Waals surface area contributed by atoms with E-state index in [1.54, 1.807) is 0 Å². The zero-order chi connectivity index (χ0) is 25.5. The number of nitriles is 1. The summed E-state index contributed by atoms with van der Waals surface area (Å²) >= 11 is 0. The van der Waals surface area contributed by atoms with E-state index in [4.69, 9.17) is 4.74 Å². The van der Waals surface area contributed by atoms with Crippen LogP contribution in [0.25, 0.3) is 10.9 Å². The lowest BCUT2D eigenvalue weighted by Gasteiger charge is -2.31. The number of aryl methyl sites for hydroxylation is 2. The molecule has 2 aromatic rings. The molecule has 1 amide bonds. The quantitative estimate of drug-likeness (QED) is 0.337. The zero-order valence-electron chi connectivity index (χ0n) is 21.9. The van der Waals surface area contributed by atoms with Crippen LogP contribution in [0.2, 0.25) is 0 Å². The van der Waals surface area contributed by atoms with E-state index in [9.17, 15) is 14.9 Å². The Bertz CT molecular complexity index is 1100. The molecule has 0 N–H and O–H groups in total. The van der Waals surface area contributed by atoms with Gasteiger partial charge in [-0.3, -0.25) is 14.5 Å². The Balaban J connectivity index is 1.34. The van der Waals surface area contributed by atoms with Crippen molar-refractivity contribution >= 4 is 22.8 Å². The van der Waals surface area contributed by atoms with E-state index in [0.29, 0.717) is 30.5 Å². The lowest BCUT2D eigenvalue weighted by Crippen LogP contribution is -2.47. The number of aromatic nitrogens is 1. The second-order valence-corrected chi connectivity index (χ2v) is 10.1. The molecule has 2 atom stereocenters. The van der Waals surface area contributed by atoms with E-state index in [-0.39, 0.29) is 12.0 Å². The Morgan fingerprint density at radius 1 is 1.11 bits per heavy atom. The third-order valence-electron chi connectivity index (χ3n) is 7.86. The molecule has 1 aromatic carbocycles. The van der Waals surface area contributed by atoms with Crippen molar-refractivity contribution in [2.24, 2.45) is 0 Å². The summed E-state index contributed by atoms with van der Waals surface area (Å²) in [7, 11) is 0. The van der Waals surface area contributed by atoms with Gasteiger partial charge in [-0.2, -0.15) is 5.26 Å². The monoisotopic (exact) mass is 492 g/mol. The molecule has 2 aliphatic rings. The first-order chi connectivity index (χ1) is 17.5. The van der Waals surface area contributed by atoms with Crippen molar-refractivity contribution < 1.29 is 14.3 Å². The number of esters is 1. The molecule has 7 heteroatoms. The summed E-state index contributed by atoms with van der Waals surface area (Å²) in [6.07, 6.45) is 8.24. The Morgan fingerprint density at radius 3 is 2.72 bits per heavy atom. The molecule has 0 saturated carbocycles. The molecule has 0 radical (unpaired) electrons. The Morgan fingerprint density at radius 2 is 1.94 bits per heavy atom. The second-order valence-electron chi connectivity index (χ2n) is 10.1. The smallest absolute Gasteiger partial charge is 0.305 e. The largest absolute Gasteiger partial charge is 0.466 e. The van der Waals surface area contributed by atoms with Crippen LogP contribution < -0.4 is 0 Å². The zero-order valence-corrected chi connectivity index (χ0v) is 21.9. The Labute approximate surface area is 215 Å². The van der Waals surface area contributed by atoms with E-state index in [0.717, 1.165) is 83.1 Å². The fourth-order valence-electron chi connectivity index (χ4n) is 6.08. The summed E-state index contributed by atoms with van der Waals surface area (Å²) in [5, 5.41) is 10.5. The van der Waals surface area contributed by atoms with Gasteiger partial charge in [0.2, 0.25) is 5.91 Å². The molecule has 1 aromatic heterocycles. The highest BCUT2D eigenvalue weighted by atomic mass is 16.5. The molecule has 194 valence electrons. The van der Waals surface area contributed by atoms with Gasteiger partial charge in [0.1, 0.15) is 0 Å². The molecule has 7 nitrogen and oxygen atoms in total. The number of hydrogen-bond acceptors (Lipinski definition) is 5. The fourth-order valence-corrected chi connectivity index (χ4v) is 6.08. The van der Waals surface area contributed by atoms with Crippen molar-refractivity contribution in [2.45, 2.75) is 90.3 Å². The molecule has 2 aliphatic heterocycles. The molecular formula is C29H40N4O3. The molecule has 4 rings (SSSR count). The van der Waals surface area contributed by atoms with Gasteiger partial charge in [-0.05, 0) is 102 Å². The normalized spacial score (nSPS) is 20.2. The number of carbonyl (C=O) groups is 2. The van der Waals surface area contributed by atoms with Gasteiger partial charge in [0.15, 0.2) is 0 Å². The predicted molar refractivity (Wildman–Crippen MR) is 140 cm³/mol. The maximum Gasteiger partial charge on any atom is 0.305 e. The molecule has 0 bridgehead atoms. The molecule has 0 spiro atoms. The highest BCUT2D eigenvalue weighted by Crippen LogP contribution is 2.29. The van der Waals surface area contributed by atoms with Crippen LogP contribution in [0.15, 0.2) is 24.3 Å². The summed E-state index contributed by atoms with van der Waals surface area (Å²) in [6.45, 7) is 7.98. The van der Waals surface area contributed by atoms with Crippen LogP contribution in [0.5, 0.6) is 0 Å². The van der Waals surface area contributed by atoms with E-state index >= 15 is 0 Å². The molecule has 2 unspecified atom stereocenters. The number of hydrogen-bond donors (Lipinski definition) is 0. The summed E-state index contributed by atoms with van der Waals surface area (Å²) in [4.78, 5) is 29.7. The van der Waals surface area contributed by atoms with Crippen molar-refractivity contribution in [3.8, 4) is 6.07 Å². The van der Waals surface area contributed by atoms with Crippen LogP contribution in [-0.4, -0.2) is 64.6 Å². The molecular weight excluding hydrogens is 452 g/mol. The van der Waals surface area contributed by atoms with Gasteiger partial charge in [-0.1, -0.05) is 6.07 Å².